The van der Waals surface area contributed by atoms with Crippen molar-refractivity contribution in [2.75, 3.05) is 33.5 Å². The molecule has 4 aromatic rings. The van der Waals surface area contributed by atoms with Crippen LogP contribution in [0.15, 0.2) is 47.4 Å². The van der Waals surface area contributed by atoms with Crippen molar-refractivity contribution in [2.24, 2.45) is 5.73 Å². The third-order valence-corrected chi connectivity index (χ3v) is 9.91. The Bertz CT molecular complexity index is 1270. The van der Waals surface area contributed by atoms with Gasteiger partial charge in [0.25, 0.3) is 0 Å². The summed E-state index contributed by atoms with van der Waals surface area (Å²) in [4.78, 5) is 15.3. The number of anilines is 1. The lowest BCUT2D eigenvalue weighted by Crippen LogP contribution is -2.36. The lowest BCUT2D eigenvalue weighted by atomic mass is 9.90. The van der Waals surface area contributed by atoms with Crippen LogP contribution in [0.2, 0.25) is 5.02 Å². The zero-order valence-corrected chi connectivity index (χ0v) is 26.0. The number of halogens is 1. The molecule has 2 fully saturated rings. The molecule has 0 unspecified atom stereocenters. The van der Waals surface area contributed by atoms with E-state index >= 15 is 0 Å². The van der Waals surface area contributed by atoms with Crippen molar-refractivity contribution in [3.05, 3.63) is 52.4 Å². The van der Waals surface area contributed by atoms with Gasteiger partial charge < -0.3 is 20.9 Å². The maximum absolute atomic E-state index is 5.87. The lowest BCUT2D eigenvalue weighted by Gasteiger charge is -2.33. The summed E-state index contributed by atoms with van der Waals surface area (Å²) in [5.74, 6) is 0. The number of aromatic nitrogens is 2. The second-order valence-corrected chi connectivity index (χ2v) is 13.3. The molecule has 4 heterocycles. The predicted octanol–water partition coefficient (Wildman–Crippen LogP) is 7.35. The number of nitrogens with zero attached hydrogens (tertiary/aromatic N) is 4. The first-order valence-electron chi connectivity index (χ1n) is 14.0. The molecule has 0 amide bonds. The first-order valence-corrected chi connectivity index (χ1v) is 16.1. The number of hydrogen-bond acceptors (Lipinski definition) is 8. The van der Waals surface area contributed by atoms with Crippen molar-refractivity contribution in [1.29, 1.82) is 0 Å². The van der Waals surface area contributed by atoms with E-state index in [1.165, 1.54) is 62.4 Å². The molecule has 0 bridgehead atoms. The molecular formula is C30H43ClN6S2. The van der Waals surface area contributed by atoms with Crippen molar-refractivity contribution >= 4 is 60.4 Å². The van der Waals surface area contributed by atoms with Crippen LogP contribution in [-0.2, 0) is 0 Å². The smallest absolute Gasteiger partial charge is 0.125 e. The highest BCUT2D eigenvalue weighted by Gasteiger charge is 2.22. The summed E-state index contributed by atoms with van der Waals surface area (Å²) in [5.41, 5.74) is 7.03. The largest absolute Gasteiger partial charge is 0.382 e. The van der Waals surface area contributed by atoms with Gasteiger partial charge in [-0.05, 0) is 115 Å². The first kappa shape index (κ1) is 30.2. The molecule has 9 heteroatoms. The van der Waals surface area contributed by atoms with E-state index in [1.54, 1.807) is 34.9 Å². The topological polar surface area (TPSA) is 70.3 Å². The van der Waals surface area contributed by atoms with Gasteiger partial charge >= 0.3 is 0 Å². The van der Waals surface area contributed by atoms with E-state index < -0.39 is 0 Å². The summed E-state index contributed by atoms with van der Waals surface area (Å²) < 4.78 is 0. The number of hydrogen-bond donors (Lipinski definition) is 2. The number of nitrogens with two attached hydrogens (primary N) is 1. The van der Waals surface area contributed by atoms with Gasteiger partial charge in [0.2, 0.25) is 0 Å². The number of fused-ring (bicyclic) bond motifs is 2. The molecule has 3 N–H and O–H groups in total. The van der Waals surface area contributed by atoms with Crippen molar-refractivity contribution in [3.8, 4) is 0 Å². The Morgan fingerprint density at radius 1 is 0.744 bits per heavy atom. The average molecular weight is 587 g/mol. The Hall–Kier alpha value is -1.81. The average Bonchev–Trinajstić information content (AvgIpc) is 3.61. The molecule has 6 nitrogen and oxygen atoms in total. The zero-order chi connectivity index (χ0) is 27.8. The Labute approximate surface area is 246 Å². The maximum Gasteiger partial charge on any atom is 0.125 e. The molecule has 212 valence electrons. The minimum atomic E-state index is 0.483. The minimum absolute atomic E-state index is 0.483. The SMILES string of the molecule is CN(C)C1CCC(N)CC1.CN(C)C1CCC(Nc2ccnc3sccc23)CC1.Clc1ccnc2sccc12. The lowest BCUT2D eigenvalue weighted by molar-refractivity contribution is 0.217. The quantitative estimate of drug-likeness (QED) is 0.260. The Morgan fingerprint density at radius 2 is 1.26 bits per heavy atom. The van der Waals surface area contributed by atoms with Crippen LogP contribution in [-0.4, -0.2) is 72.1 Å². The van der Waals surface area contributed by atoms with Crippen LogP contribution in [0.4, 0.5) is 5.69 Å². The fourth-order valence-corrected chi connectivity index (χ4v) is 7.20. The van der Waals surface area contributed by atoms with Crippen molar-refractivity contribution in [1.82, 2.24) is 19.8 Å². The van der Waals surface area contributed by atoms with Crippen LogP contribution in [0.1, 0.15) is 51.4 Å². The minimum Gasteiger partial charge on any atom is -0.382 e. The number of rotatable bonds is 4. The van der Waals surface area contributed by atoms with Gasteiger partial charge in [0.05, 0.1) is 5.02 Å². The van der Waals surface area contributed by atoms with Gasteiger partial charge in [-0.25, -0.2) is 9.97 Å². The van der Waals surface area contributed by atoms with Gasteiger partial charge in [-0.1, -0.05) is 11.6 Å². The van der Waals surface area contributed by atoms with E-state index in [9.17, 15) is 0 Å². The molecule has 2 aliphatic rings. The van der Waals surface area contributed by atoms with Crippen molar-refractivity contribution in [2.45, 2.75) is 75.5 Å². The third kappa shape index (κ3) is 8.59. The van der Waals surface area contributed by atoms with E-state index in [2.05, 4.69) is 70.8 Å². The molecule has 0 aromatic carbocycles. The molecule has 0 aliphatic heterocycles. The van der Waals surface area contributed by atoms with Crippen LogP contribution in [0.25, 0.3) is 20.4 Å². The van der Waals surface area contributed by atoms with Crippen molar-refractivity contribution in [3.63, 3.8) is 0 Å². The molecule has 2 aliphatic carbocycles. The van der Waals surface area contributed by atoms with E-state index in [1.807, 2.05) is 17.6 Å². The third-order valence-electron chi connectivity index (χ3n) is 7.94. The number of pyridine rings is 2. The van der Waals surface area contributed by atoms with Crippen LogP contribution in [0, 0.1) is 0 Å². The van der Waals surface area contributed by atoms with E-state index in [4.69, 9.17) is 17.3 Å². The summed E-state index contributed by atoms with van der Waals surface area (Å²) in [7, 11) is 8.69. The standard InChI is InChI=1S/C15H21N3S.C8H18N2.C7H4ClNS/c1-18(2)12-5-3-11(4-6-12)17-14-7-9-16-15-13(14)8-10-19-15;1-10(2)8-5-3-7(9)4-6-8;8-6-1-3-9-7-5(6)2-4-10-7/h7-12H,3-6H2,1-2H3,(H,16,17);7-8H,3-6,9H2,1-2H3;1-4H. The van der Waals surface area contributed by atoms with Gasteiger partial charge in [0.1, 0.15) is 9.66 Å². The van der Waals surface area contributed by atoms with Gasteiger partial charge in [-0.3, -0.25) is 0 Å². The summed E-state index contributed by atoms with van der Waals surface area (Å²) >= 11 is 9.18. The van der Waals surface area contributed by atoms with Crippen LogP contribution < -0.4 is 11.1 Å². The van der Waals surface area contributed by atoms with E-state index in [0.717, 1.165) is 32.2 Å². The normalized spacial score (nSPS) is 23.3. The highest BCUT2D eigenvalue weighted by molar-refractivity contribution is 7.17. The van der Waals surface area contributed by atoms with Crippen molar-refractivity contribution < 1.29 is 0 Å². The molecule has 2 saturated carbocycles. The fourth-order valence-electron chi connectivity index (χ4n) is 5.42. The first-order chi connectivity index (χ1) is 18.8. The highest BCUT2D eigenvalue weighted by atomic mass is 35.5. The van der Waals surface area contributed by atoms with Crippen LogP contribution >= 0.6 is 34.3 Å². The Balaban J connectivity index is 0.000000149. The van der Waals surface area contributed by atoms with E-state index in [0.29, 0.717) is 12.1 Å². The van der Waals surface area contributed by atoms with Gasteiger partial charge in [-0.15, -0.1) is 22.7 Å². The second-order valence-electron chi connectivity index (χ2n) is 11.1. The maximum atomic E-state index is 5.87. The summed E-state index contributed by atoms with van der Waals surface area (Å²) in [6, 6.07) is 10.7. The van der Waals surface area contributed by atoms with Gasteiger partial charge in [0, 0.05) is 53.0 Å². The molecule has 0 spiro atoms. The number of thiophene rings is 2. The highest BCUT2D eigenvalue weighted by Crippen LogP contribution is 2.30. The summed E-state index contributed by atoms with van der Waals surface area (Å²) in [5, 5.41) is 10.9. The predicted molar refractivity (Wildman–Crippen MR) is 172 cm³/mol. The Kier molecular flexibility index (Phi) is 11.4. The Morgan fingerprint density at radius 3 is 1.82 bits per heavy atom. The summed E-state index contributed by atoms with van der Waals surface area (Å²) in [6.45, 7) is 0. The monoisotopic (exact) mass is 586 g/mol. The van der Waals surface area contributed by atoms with Crippen LogP contribution in [0.3, 0.4) is 0 Å². The molecule has 6 rings (SSSR count). The van der Waals surface area contributed by atoms with Gasteiger partial charge in [-0.2, -0.15) is 0 Å². The molecule has 0 atom stereocenters. The molecule has 39 heavy (non-hydrogen) atoms. The fraction of sp³-hybridized carbons (Fsp3) is 0.533. The molecule has 4 aromatic heterocycles. The zero-order valence-electron chi connectivity index (χ0n) is 23.6. The number of nitrogens with one attached hydrogen (secondary N) is 1. The van der Waals surface area contributed by atoms with E-state index in [-0.39, 0.29) is 0 Å². The van der Waals surface area contributed by atoms with Crippen LogP contribution in [0.5, 0.6) is 0 Å². The summed E-state index contributed by atoms with van der Waals surface area (Å²) in [6.07, 6.45) is 13.7. The van der Waals surface area contributed by atoms with Gasteiger partial charge in [0.15, 0.2) is 0 Å². The molecule has 0 saturated heterocycles. The molecular weight excluding hydrogens is 544 g/mol. The second kappa shape index (κ2) is 14.7. The molecule has 0 radical (unpaired) electrons.